The molecule has 0 bridgehead atoms. The lowest BCUT2D eigenvalue weighted by molar-refractivity contribution is 0.335. The molecule has 2 aromatic heterocycles. The lowest BCUT2D eigenvalue weighted by Crippen LogP contribution is -2.13. The van der Waals surface area contributed by atoms with Crippen molar-refractivity contribution in [3.8, 4) is 11.5 Å². The van der Waals surface area contributed by atoms with Crippen molar-refractivity contribution in [1.29, 1.82) is 0 Å². The van der Waals surface area contributed by atoms with Crippen LogP contribution >= 0.6 is 0 Å². The lowest BCUT2D eigenvalue weighted by atomic mass is 10.0. The van der Waals surface area contributed by atoms with E-state index in [1.54, 1.807) is 4.68 Å². The van der Waals surface area contributed by atoms with E-state index in [-0.39, 0.29) is 6.04 Å². The van der Waals surface area contributed by atoms with Gasteiger partial charge in [-0.15, -0.1) is 0 Å². The van der Waals surface area contributed by atoms with E-state index in [1.165, 1.54) is 0 Å². The Balaban J connectivity index is 2.15. The lowest BCUT2D eigenvalue weighted by Gasteiger charge is -2.08. The average Bonchev–Trinajstić information content (AvgIpc) is 2.84. The molecule has 17 heavy (non-hydrogen) atoms. The monoisotopic (exact) mass is 235 g/mol. The Labute approximate surface area is 99.8 Å². The minimum atomic E-state index is -0.208. The second-order valence-electron chi connectivity index (χ2n) is 4.57. The Bertz CT molecular complexity index is 488. The molecule has 6 nitrogen and oxygen atoms in total. The predicted molar refractivity (Wildman–Crippen MR) is 62.9 cm³/mol. The topological polar surface area (TPSA) is 82.8 Å². The van der Waals surface area contributed by atoms with Crippen LogP contribution in [-0.4, -0.2) is 19.9 Å². The number of hydrogen-bond donors (Lipinski definition) is 1. The fraction of sp³-hybridized carbons (Fsp3) is 0.545. The van der Waals surface area contributed by atoms with Gasteiger partial charge in [-0.3, -0.25) is 4.68 Å². The third kappa shape index (κ3) is 2.71. The average molecular weight is 235 g/mol. The molecule has 0 radical (unpaired) electrons. The fourth-order valence-corrected chi connectivity index (χ4v) is 1.63. The van der Waals surface area contributed by atoms with E-state index in [0.29, 0.717) is 23.3 Å². The van der Waals surface area contributed by atoms with Gasteiger partial charge in [-0.25, -0.2) is 0 Å². The van der Waals surface area contributed by atoms with Crippen molar-refractivity contribution >= 4 is 0 Å². The third-order valence-electron chi connectivity index (χ3n) is 2.43. The zero-order valence-corrected chi connectivity index (χ0v) is 10.3. The van der Waals surface area contributed by atoms with Crippen LogP contribution < -0.4 is 5.73 Å². The summed E-state index contributed by atoms with van der Waals surface area (Å²) in [5.74, 6) is 1.45. The second kappa shape index (κ2) is 4.67. The highest BCUT2D eigenvalue weighted by atomic mass is 16.5. The van der Waals surface area contributed by atoms with Crippen molar-refractivity contribution in [3.05, 3.63) is 18.2 Å². The Hall–Kier alpha value is -1.69. The Kier molecular flexibility index (Phi) is 3.23. The first-order valence-corrected chi connectivity index (χ1v) is 5.65. The van der Waals surface area contributed by atoms with E-state index in [9.17, 15) is 0 Å². The standard InChI is InChI=1S/C11H17N5O/c1-7(2)6-8(12)11-13-10(15-17-11)9-4-5-16(3)14-9/h4-5,7-8H,6,12H2,1-3H3. The van der Waals surface area contributed by atoms with Crippen molar-refractivity contribution in [2.24, 2.45) is 18.7 Å². The van der Waals surface area contributed by atoms with Crippen molar-refractivity contribution in [2.75, 3.05) is 0 Å². The molecule has 1 unspecified atom stereocenters. The summed E-state index contributed by atoms with van der Waals surface area (Å²) >= 11 is 0. The molecule has 2 heterocycles. The van der Waals surface area contributed by atoms with E-state index in [1.807, 2.05) is 19.3 Å². The number of hydrogen-bond acceptors (Lipinski definition) is 5. The maximum Gasteiger partial charge on any atom is 0.243 e. The normalized spacial score (nSPS) is 13.2. The number of nitrogens with zero attached hydrogens (tertiary/aromatic N) is 4. The van der Waals surface area contributed by atoms with Crippen molar-refractivity contribution in [2.45, 2.75) is 26.3 Å². The molecule has 0 spiro atoms. The summed E-state index contributed by atoms with van der Waals surface area (Å²) in [5.41, 5.74) is 6.66. The quantitative estimate of drug-likeness (QED) is 0.868. The molecule has 0 aliphatic carbocycles. The van der Waals surface area contributed by atoms with Crippen LogP contribution in [0.1, 0.15) is 32.2 Å². The molecule has 0 saturated heterocycles. The molecule has 6 heteroatoms. The molecular weight excluding hydrogens is 218 g/mol. The summed E-state index contributed by atoms with van der Waals surface area (Å²) in [4.78, 5) is 4.27. The van der Waals surface area contributed by atoms with Crippen LogP contribution in [0.5, 0.6) is 0 Å². The van der Waals surface area contributed by atoms with Gasteiger partial charge in [0.15, 0.2) is 0 Å². The molecule has 2 rings (SSSR count). The van der Waals surface area contributed by atoms with Gasteiger partial charge in [-0.05, 0) is 18.4 Å². The van der Waals surface area contributed by atoms with Gasteiger partial charge >= 0.3 is 0 Å². The van der Waals surface area contributed by atoms with Crippen LogP contribution in [-0.2, 0) is 7.05 Å². The predicted octanol–water partition coefficient (Wildman–Crippen LogP) is 1.52. The van der Waals surface area contributed by atoms with Crippen molar-refractivity contribution < 1.29 is 4.52 Å². The van der Waals surface area contributed by atoms with Crippen LogP contribution in [0.4, 0.5) is 0 Å². The third-order valence-corrected chi connectivity index (χ3v) is 2.43. The molecule has 0 amide bonds. The largest absolute Gasteiger partial charge is 0.337 e. The van der Waals surface area contributed by atoms with E-state index in [2.05, 4.69) is 29.1 Å². The highest BCUT2D eigenvalue weighted by Gasteiger charge is 2.17. The number of aromatic nitrogens is 4. The Morgan fingerprint density at radius 1 is 1.47 bits per heavy atom. The molecule has 0 fully saturated rings. The number of rotatable bonds is 4. The molecule has 92 valence electrons. The maximum absolute atomic E-state index is 5.97. The Morgan fingerprint density at radius 2 is 2.24 bits per heavy atom. The highest BCUT2D eigenvalue weighted by Crippen LogP contribution is 2.20. The second-order valence-corrected chi connectivity index (χ2v) is 4.57. The number of aryl methyl sites for hydroxylation is 1. The van der Waals surface area contributed by atoms with Crippen LogP contribution in [0.3, 0.4) is 0 Å². The highest BCUT2D eigenvalue weighted by molar-refractivity contribution is 5.46. The van der Waals surface area contributed by atoms with Gasteiger partial charge in [0.1, 0.15) is 5.69 Å². The number of nitrogens with two attached hydrogens (primary N) is 1. The smallest absolute Gasteiger partial charge is 0.243 e. The van der Waals surface area contributed by atoms with Gasteiger partial charge in [0.05, 0.1) is 6.04 Å². The van der Waals surface area contributed by atoms with E-state index < -0.39 is 0 Å². The molecular formula is C11H17N5O. The van der Waals surface area contributed by atoms with Gasteiger partial charge in [0, 0.05) is 13.2 Å². The molecule has 0 saturated carbocycles. The summed E-state index contributed by atoms with van der Waals surface area (Å²) in [7, 11) is 1.84. The molecule has 2 aromatic rings. The zero-order chi connectivity index (χ0) is 12.4. The minimum Gasteiger partial charge on any atom is -0.337 e. The Morgan fingerprint density at radius 3 is 2.82 bits per heavy atom. The minimum absolute atomic E-state index is 0.208. The van der Waals surface area contributed by atoms with Gasteiger partial charge in [-0.1, -0.05) is 19.0 Å². The molecule has 1 atom stereocenters. The first-order chi connectivity index (χ1) is 8.06. The molecule has 0 aliphatic heterocycles. The van der Waals surface area contributed by atoms with Crippen molar-refractivity contribution in [1.82, 2.24) is 19.9 Å². The van der Waals surface area contributed by atoms with Gasteiger partial charge < -0.3 is 10.3 Å². The van der Waals surface area contributed by atoms with Crippen LogP contribution in [0.15, 0.2) is 16.8 Å². The summed E-state index contributed by atoms with van der Waals surface area (Å²) in [6.45, 7) is 4.21. The molecule has 2 N–H and O–H groups in total. The van der Waals surface area contributed by atoms with Crippen LogP contribution in [0.25, 0.3) is 11.5 Å². The summed E-state index contributed by atoms with van der Waals surface area (Å²) in [6.07, 6.45) is 2.66. The molecule has 0 aromatic carbocycles. The van der Waals surface area contributed by atoms with Gasteiger partial charge in [0.25, 0.3) is 0 Å². The van der Waals surface area contributed by atoms with Gasteiger partial charge in [-0.2, -0.15) is 10.1 Å². The maximum atomic E-state index is 5.97. The van der Waals surface area contributed by atoms with Gasteiger partial charge in [0.2, 0.25) is 11.7 Å². The van der Waals surface area contributed by atoms with E-state index in [4.69, 9.17) is 10.3 Å². The summed E-state index contributed by atoms with van der Waals surface area (Å²) < 4.78 is 6.85. The van der Waals surface area contributed by atoms with Crippen molar-refractivity contribution in [3.63, 3.8) is 0 Å². The SMILES string of the molecule is CC(C)CC(N)c1nc(-c2ccn(C)n2)no1. The summed E-state index contributed by atoms with van der Waals surface area (Å²) in [5, 5.41) is 8.09. The van der Waals surface area contributed by atoms with Crippen LogP contribution in [0, 0.1) is 5.92 Å². The summed E-state index contributed by atoms with van der Waals surface area (Å²) in [6, 6.07) is 1.63. The van der Waals surface area contributed by atoms with E-state index >= 15 is 0 Å². The fourth-order valence-electron chi connectivity index (χ4n) is 1.63. The van der Waals surface area contributed by atoms with Crippen LogP contribution in [0.2, 0.25) is 0 Å². The first-order valence-electron chi connectivity index (χ1n) is 5.65. The first kappa shape index (κ1) is 11.8. The van der Waals surface area contributed by atoms with E-state index in [0.717, 1.165) is 6.42 Å². The molecule has 0 aliphatic rings. The zero-order valence-electron chi connectivity index (χ0n) is 10.3.